The molecule has 0 aromatic heterocycles. The van der Waals surface area contributed by atoms with Crippen LogP contribution >= 0.6 is 0 Å². The van der Waals surface area contributed by atoms with Gasteiger partial charge < -0.3 is 25.6 Å². The maximum absolute atomic E-state index is 14.0. The van der Waals surface area contributed by atoms with E-state index in [1.54, 1.807) is 12.0 Å². The predicted molar refractivity (Wildman–Crippen MR) is 139 cm³/mol. The van der Waals surface area contributed by atoms with E-state index >= 15 is 0 Å². The number of nitrogens with one attached hydrogen (secondary N) is 3. The molecule has 0 radical (unpaired) electrons. The fourth-order valence-corrected chi connectivity index (χ4v) is 6.71. The maximum Gasteiger partial charge on any atom is 0.246 e. The van der Waals surface area contributed by atoms with E-state index in [4.69, 9.17) is 4.74 Å². The smallest absolute Gasteiger partial charge is 0.246 e. The Labute approximate surface area is 225 Å². The minimum Gasteiger partial charge on any atom is -0.378 e. The number of nitriles is 1. The molecule has 0 bridgehead atoms. The lowest BCUT2D eigenvalue weighted by molar-refractivity contribution is -0.147. The van der Waals surface area contributed by atoms with E-state index in [-0.39, 0.29) is 59.6 Å². The molecule has 0 unspecified atom stereocenters. The van der Waals surface area contributed by atoms with Gasteiger partial charge in [0.15, 0.2) is 0 Å². The minimum atomic E-state index is -0.819. The molecule has 2 heterocycles. The van der Waals surface area contributed by atoms with Gasteiger partial charge in [0.05, 0.1) is 18.1 Å². The highest BCUT2D eigenvalue weighted by Crippen LogP contribution is 2.65. The highest BCUT2D eigenvalue weighted by atomic mass is 16.5. The first-order chi connectivity index (χ1) is 17.7. The van der Waals surface area contributed by atoms with Gasteiger partial charge in [-0.25, -0.2) is 0 Å². The van der Waals surface area contributed by atoms with Crippen LogP contribution < -0.4 is 16.0 Å². The monoisotopic (exact) mass is 529 g/mol. The number of hydrogen-bond acceptors (Lipinski definition) is 6. The first-order valence-electron chi connectivity index (χ1n) is 13.9. The summed E-state index contributed by atoms with van der Waals surface area (Å²) >= 11 is 0. The number of fused-ring (bicyclic) bond motifs is 1. The predicted octanol–water partition coefficient (Wildman–Crippen LogP) is 1.49. The summed E-state index contributed by atoms with van der Waals surface area (Å²) in [6.07, 6.45) is 3.73. The molecule has 0 aromatic rings. The van der Waals surface area contributed by atoms with Crippen LogP contribution in [0.25, 0.3) is 0 Å². The van der Waals surface area contributed by atoms with Crippen molar-refractivity contribution in [2.24, 2.45) is 28.6 Å². The molecule has 2 saturated heterocycles. The third kappa shape index (κ3) is 5.27. The molecule has 38 heavy (non-hydrogen) atoms. The fourth-order valence-electron chi connectivity index (χ4n) is 6.71. The standard InChI is InChI=1S/C28H43N5O5/c1-26(2,3)22(32-19(34)13-28(38-6)9-7-10-28)25(37)33-15-18-20(27(18,4)5)21(33)24(36)31-17(14-29)12-16-8-11-30-23(16)35/h16-18,20-22H,7-13,15H2,1-6H3,(H,30,35)(H,31,36)(H,32,34)/t16-,17-,18-,20-,21-,22+/m0/s1. The van der Waals surface area contributed by atoms with Gasteiger partial charge in [-0.15, -0.1) is 0 Å². The molecule has 2 saturated carbocycles. The minimum absolute atomic E-state index is 0.0244. The Morgan fingerprint density at radius 1 is 1.24 bits per heavy atom. The number of methoxy groups -OCH3 is 1. The molecule has 4 amide bonds. The number of ether oxygens (including phenoxy) is 1. The van der Waals surface area contributed by atoms with Gasteiger partial charge in [-0.1, -0.05) is 34.6 Å². The van der Waals surface area contributed by atoms with Crippen LogP contribution in [0.2, 0.25) is 0 Å². The van der Waals surface area contributed by atoms with E-state index < -0.39 is 29.1 Å². The molecule has 210 valence electrons. The number of amides is 4. The first-order valence-corrected chi connectivity index (χ1v) is 13.9. The SMILES string of the molecule is COC1(CC(=O)N[C@H](C(=O)N2C[C@H]3[C@@H]([C@H]2C(=O)N[C@H](C#N)C[C@@H]2CCNC2=O)C3(C)C)C(C)(C)C)CCC1. The van der Waals surface area contributed by atoms with Crippen LogP contribution in [0.4, 0.5) is 0 Å². The van der Waals surface area contributed by atoms with Crippen LogP contribution in [0.3, 0.4) is 0 Å². The second kappa shape index (κ2) is 10.1. The summed E-state index contributed by atoms with van der Waals surface area (Å²) in [5, 5.41) is 18.3. The summed E-state index contributed by atoms with van der Waals surface area (Å²) in [6.45, 7) is 10.9. The molecular formula is C28H43N5O5. The number of likely N-dealkylation sites (tertiary alicyclic amines) is 1. The summed E-state index contributed by atoms with van der Waals surface area (Å²) in [7, 11) is 1.62. The van der Waals surface area contributed by atoms with Crippen molar-refractivity contribution in [1.82, 2.24) is 20.9 Å². The van der Waals surface area contributed by atoms with E-state index in [9.17, 15) is 24.4 Å². The Hall–Kier alpha value is -2.67. The molecule has 3 N–H and O–H groups in total. The van der Waals surface area contributed by atoms with Crippen LogP contribution in [-0.4, -0.2) is 72.5 Å². The fraction of sp³-hybridized carbons (Fsp3) is 0.821. The third-order valence-corrected chi connectivity index (χ3v) is 9.51. The largest absolute Gasteiger partial charge is 0.378 e. The van der Waals surface area contributed by atoms with E-state index in [2.05, 4.69) is 35.9 Å². The quantitative estimate of drug-likeness (QED) is 0.413. The highest BCUT2D eigenvalue weighted by molar-refractivity contribution is 5.94. The number of carbonyl (C=O) groups is 4. The van der Waals surface area contributed by atoms with Gasteiger partial charge >= 0.3 is 0 Å². The zero-order valence-corrected chi connectivity index (χ0v) is 23.6. The highest BCUT2D eigenvalue weighted by Gasteiger charge is 2.69. The van der Waals surface area contributed by atoms with Crippen LogP contribution in [0.1, 0.15) is 73.1 Å². The first kappa shape index (κ1) is 28.3. The van der Waals surface area contributed by atoms with Gasteiger partial charge in [0.1, 0.15) is 18.1 Å². The van der Waals surface area contributed by atoms with E-state index in [0.717, 1.165) is 19.3 Å². The van der Waals surface area contributed by atoms with Crippen LogP contribution in [0.15, 0.2) is 0 Å². The van der Waals surface area contributed by atoms with Crippen molar-refractivity contribution in [2.75, 3.05) is 20.2 Å². The van der Waals surface area contributed by atoms with Crippen molar-refractivity contribution in [3.8, 4) is 6.07 Å². The lowest BCUT2D eigenvalue weighted by Crippen LogP contribution is -2.60. The van der Waals surface area contributed by atoms with Gasteiger partial charge in [-0.3, -0.25) is 19.2 Å². The third-order valence-electron chi connectivity index (χ3n) is 9.51. The second-order valence-corrected chi connectivity index (χ2v) is 13.4. The maximum atomic E-state index is 14.0. The molecule has 10 nitrogen and oxygen atoms in total. The summed E-state index contributed by atoms with van der Waals surface area (Å²) in [6, 6.07) is -0.234. The molecule has 2 aliphatic carbocycles. The Morgan fingerprint density at radius 2 is 1.92 bits per heavy atom. The molecule has 6 atom stereocenters. The normalized spacial score (nSPS) is 30.2. The van der Waals surface area contributed by atoms with Crippen LogP contribution in [0, 0.1) is 39.9 Å². The van der Waals surface area contributed by atoms with Crippen molar-refractivity contribution in [3.05, 3.63) is 0 Å². The lowest BCUT2D eigenvalue weighted by Gasteiger charge is -2.41. The van der Waals surface area contributed by atoms with Gasteiger partial charge in [0, 0.05) is 26.1 Å². The second-order valence-electron chi connectivity index (χ2n) is 13.4. The zero-order valence-electron chi connectivity index (χ0n) is 23.6. The molecule has 4 aliphatic rings. The Bertz CT molecular complexity index is 1020. The van der Waals surface area contributed by atoms with Gasteiger partial charge in [0.25, 0.3) is 0 Å². The van der Waals surface area contributed by atoms with Crippen molar-refractivity contribution < 1.29 is 23.9 Å². The average Bonchev–Trinajstić information content (AvgIpc) is 3.18. The van der Waals surface area contributed by atoms with Crippen molar-refractivity contribution in [1.29, 1.82) is 5.26 Å². The Morgan fingerprint density at radius 3 is 2.42 bits per heavy atom. The zero-order chi connectivity index (χ0) is 28.0. The molecule has 2 aliphatic heterocycles. The van der Waals surface area contributed by atoms with Crippen molar-refractivity contribution >= 4 is 23.6 Å². The number of rotatable bonds is 9. The lowest BCUT2D eigenvalue weighted by atomic mass is 9.77. The van der Waals surface area contributed by atoms with Crippen LogP contribution in [0.5, 0.6) is 0 Å². The summed E-state index contributed by atoms with van der Waals surface area (Å²) in [5.41, 5.74) is -1.14. The molecule has 10 heteroatoms. The summed E-state index contributed by atoms with van der Waals surface area (Å²) < 4.78 is 5.60. The number of nitrogens with zero attached hydrogens (tertiary/aromatic N) is 2. The Kier molecular flexibility index (Phi) is 7.56. The van der Waals surface area contributed by atoms with Gasteiger partial charge in [-0.05, 0) is 54.8 Å². The molecular weight excluding hydrogens is 486 g/mol. The molecule has 4 rings (SSSR count). The average molecular weight is 530 g/mol. The molecule has 4 fully saturated rings. The van der Waals surface area contributed by atoms with Gasteiger partial charge in [-0.2, -0.15) is 5.26 Å². The number of piperidine rings is 1. The van der Waals surface area contributed by atoms with E-state index in [1.807, 2.05) is 20.8 Å². The number of carbonyl (C=O) groups excluding carboxylic acids is 4. The van der Waals surface area contributed by atoms with Crippen LogP contribution in [-0.2, 0) is 23.9 Å². The topological polar surface area (TPSA) is 141 Å². The van der Waals surface area contributed by atoms with Crippen molar-refractivity contribution in [3.63, 3.8) is 0 Å². The van der Waals surface area contributed by atoms with Gasteiger partial charge in [0.2, 0.25) is 23.6 Å². The number of hydrogen-bond donors (Lipinski definition) is 3. The molecule has 0 aromatic carbocycles. The van der Waals surface area contributed by atoms with E-state index in [0.29, 0.717) is 19.5 Å². The summed E-state index contributed by atoms with van der Waals surface area (Å²) in [5.74, 6) is -1.13. The Balaban J connectivity index is 1.49. The van der Waals surface area contributed by atoms with Crippen molar-refractivity contribution in [2.45, 2.75) is 96.9 Å². The van der Waals surface area contributed by atoms with E-state index in [1.165, 1.54) is 0 Å². The molecule has 0 spiro atoms. The summed E-state index contributed by atoms with van der Waals surface area (Å²) in [4.78, 5) is 54.3.